The maximum Gasteiger partial charge on any atom is 0.0980 e. The van der Waals surface area contributed by atoms with Gasteiger partial charge in [0.2, 0.25) is 0 Å². The molecule has 2 heteroatoms. The summed E-state index contributed by atoms with van der Waals surface area (Å²) in [7, 11) is 0. The molecule has 14 heavy (non-hydrogen) atoms. The number of rotatable bonds is 1. The molecule has 0 amide bonds. The van der Waals surface area contributed by atoms with E-state index in [0.29, 0.717) is 0 Å². The highest BCUT2D eigenvalue weighted by molar-refractivity contribution is 8.15. The van der Waals surface area contributed by atoms with E-state index in [1.165, 1.54) is 21.7 Å². The molecule has 1 aromatic rings. The van der Waals surface area contributed by atoms with Gasteiger partial charge in [-0.15, -0.1) is 11.8 Å². The average molecular weight is 201 g/mol. The van der Waals surface area contributed by atoms with Crippen molar-refractivity contribution in [2.75, 3.05) is 12.3 Å². The van der Waals surface area contributed by atoms with E-state index in [-0.39, 0.29) is 0 Å². The molecule has 0 saturated heterocycles. The van der Waals surface area contributed by atoms with E-state index >= 15 is 0 Å². The van der Waals surface area contributed by atoms with Gasteiger partial charge in [-0.2, -0.15) is 0 Å². The van der Waals surface area contributed by atoms with E-state index < -0.39 is 0 Å². The van der Waals surface area contributed by atoms with Crippen LogP contribution in [-0.2, 0) is 6.42 Å². The minimum atomic E-state index is 0.986. The lowest BCUT2D eigenvalue weighted by atomic mass is 10.1. The monoisotopic (exact) mass is 201 g/mol. The zero-order valence-corrected chi connectivity index (χ0v) is 8.68. The van der Waals surface area contributed by atoms with Gasteiger partial charge in [0, 0.05) is 17.9 Å². The summed E-state index contributed by atoms with van der Waals surface area (Å²) in [6.07, 6.45) is 3.38. The maximum absolute atomic E-state index is 4.53. The zero-order chi connectivity index (χ0) is 9.38. The van der Waals surface area contributed by atoms with Crippen LogP contribution < -0.4 is 0 Å². The normalized spacial score (nSPS) is 19.1. The summed E-state index contributed by atoms with van der Waals surface area (Å²) in [6.45, 7) is 0.986. The first kappa shape index (κ1) is 8.30. The number of allylic oxidation sites excluding steroid dienone is 1. The summed E-state index contributed by atoms with van der Waals surface area (Å²) in [5.41, 5.74) is 4.20. The third-order valence-electron chi connectivity index (χ3n) is 2.65. The molecule has 0 aromatic heterocycles. The number of thioether (sulfide) groups is 1. The Morgan fingerprint density at radius 3 is 3.00 bits per heavy atom. The fourth-order valence-corrected chi connectivity index (χ4v) is 2.89. The van der Waals surface area contributed by atoms with E-state index in [1.807, 2.05) is 11.8 Å². The molecule has 0 spiro atoms. The second-order valence-corrected chi connectivity index (χ2v) is 4.60. The van der Waals surface area contributed by atoms with Gasteiger partial charge < -0.3 is 0 Å². The number of fused-ring (bicyclic) bond motifs is 1. The average Bonchev–Trinajstić information content (AvgIpc) is 2.85. The second kappa shape index (κ2) is 3.28. The molecule has 0 fully saturated rings. The van der Waals surface area contributed by atoms with Crippen LogP contribution >= 0.6 is 11.8 Å². The first-order valence-corrected chi connectivity index (χ1v) is 5.90. The van der Waals surface area contributed by atoms with Gasteiger partial charge in [-0.25, -0.2) is 0 Å². The van der Waals surface area contributed by atoms with Crippen LogP contribution in [0.1, 0.15) is 11.1 Å². The molecule has 0 radical (unpaired) electrons. The number of nitrogens with zero attached hydrogens (tertiary/aromatic N) is 1. The predicted molar refractivity (Wildman–Crippen MR) is 62.9 cm³/mol. The second-order valence-electron chi connectivity index (χ2n) is 3.51. The van der Waals surface area contributed by atoms with Gasteiger partial charge in [-0.3, -0.25) is 4.99 Å². The summed E-state index contributed by atoms with van der Waals surface area (Å²) in [4.78, 5) is 4.53. The Hall–Kier alpha value is -1.02. The lowest BCUT2D eigenvalue weighted by molar-refractivity contribution is 1.18. The van der Waals surface area contributed by atoms with Gasteiger partial charge >= 0.3 is 0 Å². The molecule has 70 valence electrons. The molecule has 0 N–H and O–H groups in total. The number of hydrogen-bond donors (Lipinski definition) is 0. The van der Waals surface area contributed by atoms with Crippen LogP contribution in [0.2, 0.25) is 0 Å². The molecule has 1 aromatic carbocycles. The van der Waals surface area contributed by atoms with Crippen molar-refractivity contribution in [1.29, 1.82) is 0 Å². The van der Waals surface area contributed by atoms with Crippen LogP contribution in [0.3, 0.4) is 0 Å². The highest BCUT2D eigenvalue weighted by Gasteiger charge is 2.19. The van der Waals surface area contributed by atoms with Gasteiger partial charge in [-0.1, -0.05) is 30.3 Å². The molecular weight excluding hydrogens is 190 g/mol. The SMILES string of the molecule is C1=C(C2=NCCS2)c2ccccc2C1. The number of aliphatic imine (C=N–C) groups is 1. The van der Waals surface area contributed by atoms with E-state index in [0.717, 1.165) is 18.7 Å². The van der Waals surface area contributed by atoms with Crippen LogP contribution in [0.5, 0.6) is 0 Å². The Morgan fingerprint density at radius 1 is 1.21 bits per heavy atom. The largest absolute Gasteiger partial charge is 0.277 e. The molecule has 2 aliphatic rings. The Balaban J connectivity index is 2.04. The quantitative estimate of drug-likeness (QED) is 0.680. The molecule has 0 atom stereocenters. The smallest absolute Gasteiger partial charge is 0.0980 e. The molecule has 1 nitrogen and oxygen atoms in total. The summed E-state index contributed by atoms with van der Waals surface area (Å²) in [5, 5.41) is 1.25. The van der Waals surface area contributed by atoms with Crippen LogP contribution in [0.15, 0.2) is 35.3 Å². The maximum atomic E-state index is 4.53. The molecule has 0 unspecified atom stereocenters. The fraction of sp³-hybridized carbons (Fsp3) is 0.250. The molecule has 0 bridgehead atoms. The van der Waals surface area contributed by atoms with Crippen molar-refractivity contribution in [2.24, 2.45) is 4.99 Å². The first-order chi connectivity index (χ1) is 6.95. The topological polar surface area (TPSA) is 12.4 Å². The van der Waals surface area contributed by atoms with Gasteiger partial charge in [-0.05, 0) is 17.5 Å². The molecule has 3 rings (SSSR count). The van der Waals surface area contributed by atoms with E-state index in [1.54, 1.807) is 0 Å². The lowest BCUT2D eigenvalue weighted by Gasteiger charge is -2.03. The Labute approximate surface area is 87.9 Å². The van der Waals surface area contributed by atoms with Crippen molar-refractivity contribution in [3.05, 3.63) is 41.5 Å². The Bertz CT molecular complexity index is 432. The van der Waals surface area contributed by atoms with Gasteiger partial charge in [0.1, 0.15) is 0 Å². The summed E-state index contributed by atoms with van der Waals surface area (Å²) in [5.74, 6) is 1.15. The first-order valence-electron chi connectivity index (χ1n) is 4.91. The van der Waals surface area contributed by atoms with Crippen LogP contribution in [0.4, 0.5) is 0 Å². The van der Waals surface area contributed by atoms with Crippen molar-refractivity contribution in [1.82, 2.24) is 0 Å². The zero-order valence-electron chi connectivity index (χ0n) is 7.86. The van der Waals surface area contributed by atoms with Crippen LogP contribution in [-0.4, -0.2) is 17.3 Å². The standard InChI is InChI=1S/C12H11NS/c1-2-4-10-9(3-1)5-6-11(10)12-13-7-8-14-12/h1-4,6H,5,7-8H2. The highest BCUT2D eigenvalue weighted by atomic mass is 32.2. The van der Waals surface area contributed by atoms with E-state index in [9.17, 15) is 0 Å². The van der Waals surface area contributed by atoms with Crippen molar-refractivity contribution < 1.29 is 0 Å². The third kappa shape index (κ3) is 1.22. The Kier molecular flexibility index (Phi) is 1.95. The van der Waals surface area contributed by atoms with Gasteiger partial charge in [0.25, 0.3) is 0 Å². The third-order valence-corrected chi connectivity index (χ3v) is 3.66. The molecule has 1 heterocycles. The summed E-state index contributed by atoms with van der Waals surface area (Å²) < 4.78 is 0. The minimum absolute atomic E-state index is 0.986. The molecule has 1 aliphatic carbocycles. The minimum Gasteiger partial charge on any atom is -0.277 e. The van der Waals surface area contributed by atoms with Crippen molar-refractivity contribution in [3.8, 4) is 0 Å². The fourth-order valence-electron chi connectivity index (χ4n) is 1.98. The van der Waals surface area contributed by atoms with E-state index in [2.05, 4.69) is 35.3 Å². The predicted octanol–water partition coefficient (Wildman–Crippen LogP) is 2.77. The lowest BCUT2D eigenvalue weighted by Crippen LogP contribution is -1.92. The highest BCUT2D eigenvalue weighted by Crippen LogP contribution is 2.33. The van der Waals surface area contributed by atoms with Crippen molar-refractivity contribution >= 4 is 22.4 Å². The number of hydrogen-bond acceptors (Lipinski definition) is 2. The van der Waals surface area contributed by atoms with Crippen molar-refractivity contribution in [2.45, 2.75) is 6.42 Å². The number of benzene rings is 1. The van der Waals surface area contributed by atoms with Crippen LogP contribution in [0, 0.1) is 0 Å². The Morgan fingerprint density at radius 2 is 2.14 bits per heavy atom. The molecular formula is C12H11NS. The molecule has 1 aliphatic heterocycles. The van der Waals surface area contributed by atoms with E-state index in [4.69, 9.17) is 0 Å². The summed E-state index contributed by atoms with van der Waals surface area (Å²) in [6, 6.07) is 8.63. The van der Waals surface area contributed by atoms with Crippen molar-refractivity contribution in [3.63, 3.8) is 0 Å². The molecule has 0 saturated carbocycles. The van der Waals surface area contributed by atoms with Crippen LogP contribution in [0.25, 0.3) is 5.57 Å². The van der Waals surface area contributed by atoms with Gasteiger partial charge in [0.05, 0.1) is 5.04 Å². The summed E-state index contributed by atoms with van der Waals surface area (Å²) >= 11 is 1.88. The van der Waals surface area contributed by atoms with Gasteiger partial charge in [0.15, 0.2) is 0 Å².